The normalized spacial score (nSPS) is 10.2. The molecule has 0 aliphatic heterocycles. The lowest BCUT2D eigenvalue weighted by Crippen LogP contribution is -2.25. The first kappa shape index (κ1) is 16.1. The van der Waals surface area contributed by atoms with Crippen LogP contribution in [-0.4, -0.2) is 19.1 Å². The van der Waals surface area contributed by atoms with E-state index in [1.54, 1.807) is 6.07 Å². The zero-order chi connectivity index (χ0) is 15.6. The average Bonchev–Trinajstić information content (AvgIpc) is 2.56. The first-order chi connectivity index (χ1) is 10.8. The summed E-state index contributed by atoms with van der Waals surface area (Å²) < 4.78 is 5.48. The second kappa shape index (κ2) is 8.88. The van der Waals surface area contributed by atoms with Crippen LogP contribution in [0.1, 0.15) is 35.7 Å². The van der Waals surface area contributed by atoms with Gasteiger partial charge in [-0.1, -0.05) is 42.5 Å². The Morgan fingerprint density at radius 3 is 2.50 bits per heavy atom. The van der Waals surface area contributed by atoms with Crippen molar-refractivity contribution >= 4 is 5.91 Å². The number of nitrogens with one attached hydrogen (secondary N) is 1. The van der Waals surface area contributed by atoms with Crippen LogP contribution in [0.2, 0.25) is 0 Å². The van der Waals surface area contributed by atoms with Gasteiger partial charge in [-0.3, -0.25) is 4.79 Å². The van der Waals surface area contributed by atoms with Crippen LogP contribution >= 0.6 is 0 Å². The summed E-state index contributed by atoms with van der Waals surface area (Å²) in [7, 11) is 0. The van der Waals surface area contributed by atoms with Crippen molar-refractivity contribution < 1.29 is 9.53 Å². The maximum atomic E-state index is 12.2. The van der Waals surface area contributed by atoms with E-state index in [2.05, 4.69) is 29.6 Å². The van der Waals surface area contributed by atoms with Crippen molar-refractivity contribution in [3.05, 3.63) is 65.7 Å². The minimum atomic E-state index is -0.0660. The van der Waals surface area contributed by atoms with Gasteiger partial charge >= 0.3 is 0 Å². The van der Waals surface area contributed by atoms with Crippen molar-refractivity contribution in [1.29, 1.82) is 0 Å². The van der Waals surface area contributed by atoms with Crippen LogP contribution in [0.25, 0.3) is 0 Å². The molecule has 0 aliphatic rings. The molecule has 0 saturated heterocycles. The van der Waals surface area contributed by atoms with Crippen molar-refractivity contribution in [2.45, 2.75) is 26.2 Å². The van der Waals surface area contributed by atoms with E-state index < -0.39 is 0 Å². The van der Waals surface area contributed by atoms with E-state index in [0.29, 0.717) is 24.5 Å². The number of ether oxygens (including phenoxy) is 1. The Labute approximate surface area is 132 Å². The second-order valence-corrected chi connectivity index (χ2v) is 5.13. The summed E-state index contributed by atoms with van der Waals surface area (Å²) in [6, 6.07) is 17.8. The van der Waals surface area contributed by atoms with Crippen LogP contribution in [0.4, 0.5) is 0 Å². The minimum absolute atomic E-state index is 0.0660. The third-order valence-corrected chi connectivity index (χ3v) is 3.45. The highest BCUT2D eigenvalue weighted by Gasteiger charge is 2.10. The highest BCUT2D eigenvalue weighted by atomic mass is 16.5. The molecule has 3 nitrogen and oxygen atoms in total. The number of rotatable bonds is 8. The number of carbonyl (C=O) groups is 1. The largest absolute Gasteiger partial charge is 0.493 e. The Morgan fingerprint density at radius 1 is 1.00 bits per heavy atom. The molecule has 1 amide bonds. The SMILES string of the molecule is CCOc1ccccc1C(=O)NCCCCc1ccccc1. The Morgan fingerprint density at radius 2 is 1.73 bits per heavy atom. The number of unbranched alkanes of at least 4 members (excludes halogenated alkanes) is 1. The zero-order valence-electron chi connectivity index (χ0n) is 13.0. The summed E-state index contributed by atoms with van der Waals surface area (Å²) in [6.45, 7) is 3.16. The molecule has 2 aromatic carbocycles. The first-order valence-electron chi connectivity index (χ1n) is 7.85. The van der Waals surface area contributed by atoms with Crippen molar-refractivity contribution in [3.63, 3.8) is 0 Å². The average molecular weight is 297 g/mol. The molecule has 0 atom stereocenters. The van der Waals surface area contributed by atoms with Gasteiger partial charge in [0.05, 0.1) is 12.2 Å². The van der Waals surface area contributed by atoms with Gasteiger partial charge < -0.3 is 10.1 Å². The van der Waals surface area contributed by atoms with E-state index >= 15 is 0 Å². The molecule has 1 N–H and O–H groups in total. The molecule has 2 rings (SSSR count). The summed E-state index contributed by atoms with van der Waals surface area (Å²) in [6.07, 6.45) is 3.08. The van der Waals surface area contributed by atoms with Gasteiger partial charge in [0.25, 0.3) is 5.91 Å². The van der Waals surface area contributed by atoms with Crippen molar-refractivity contribution in [3.8, 4) is 5.75 Å². The quantitative estimate of drug-likeness (QED) is 0.752. The minimum Gasteiger partial charge on any atom is -0.493 e. The highest BCUT2D eigenvalue weighted by molar-refractivity contribution is 5.96. The van der Waals surface area contributed by atoms with Gasteiger partial charge in [-0.05, 0) is 43.9 Å². The van der Waals surface area contributed by atoms with Crippen LogP contribution in [-0.2, 0) is 6.42 Å². The Bertz CT molecular complexity index is 581. The Hall–Kier alpha value is -2.29. The fourth-order valence-electron chi connectivity index (χ4n) is 2.33. The summed E-state index contributed by atoms with van der Waals surface area (Å²) in [4.78, 5) is 12.2. The maximum absolute atomic E-state index is 12.2. The molecule has 0 aromatic heterocycles. The molecule has 22 heavy (non-hydrogen) atoms. The lowest BCUT2D eigenvalue weighted by Gasteiger charge is -2.10. The van der Waals surface area contributed by atoms with E-state index in [0.717, 1.165) is 19.3 Å². The van der Waals surface area contributed by atoms with Crippen LogP contribution in [0.3, 0.4) is 0 Å². The topological polar surface area (TPSA) is 38.3 Å². The van der Waals surface area contributed by atoms with E-state index in [1.165, 1.54) is 5.56 Å². The molecular weight excluding hydrogens is 274 g/mol. The number of para-hydroxylation sites is 1. The van der Waals surface area contributed by atoms with E-state index in [4.69, 9.17) is 4.74 Å². The first-order valence-corrected chi connectivity index (χ1v) is 7.85. The fraction of sp³-hybridized carbons (Fsp3) is 0.316. The van der Waals surface area contributed by atoms with Crippen molar-refractivity contribution in [1.82, 2.24) is 5.32 Å². The number of hydrogen-bond acceptors (Lipinski definition) is 2. The molecule has 0 spiro atoms. The highest BCUT2D eigenvalue weighted by Crippen LogP contribution is 2.17. The molecule has 0 fully saturated rings. The third-order valence-electron chi connectivity index (χ3n) is 3.45. The number of hydrogen-bond donors (Lipinski definition) is 1. The predicted molar refractivity (Wildman–Crippen MR) is 89.3 cm³/mol. The van der Waals surface area contributed by atoms with Gasteiger partial charge in [-0.15, -0.1) is 0 Å². The van der Waals surface area contributed by atoms with Crippen LogP contribution < -0.4 is 10.1 Å². The molecule has 116 valence electrons. The van der Waals surface area contributed by atoms with Crippen molar-refractivity contribution in [2.75, 3.05) is 13.2 Å². The van der Waals surface area contributed by atoms with Crippen LogP contribution in [0.15, 0.2) is 54.6 Å². The number of carbonyl (C=O) groups excluding carboxylic acids is 1. The number of benzene rings is 2. The van der Waals surface area contributed by atoms with Gasteiger partial charge in [-0.2, -0.15) is 0 Å². The molecule has 3 heteroatoms. The molecule has 0 unspecified atom stereocenters. The summed E-state index contributed by atoms with van der Waals surface area (Å²) >= 11 is 0. The number of amides is 1. The molecule has 0 radical (unpaired) electrons. The smallest absolute Gasteiger partial charge is 0.255 e. The van der Waals surface area contributed by atoms with Gasteiger partial charge in [0, 0.05) is 6.54 Å². The number of aryl methyl sites for hydroxylation is 1. The van der Waals surface area contributed by atoms with E-state index in [1.807, 2.05) is 31.2 Å². The lowest BCUT2D eigenvalue weighted by molar-refractivity contribution is 0.0949. The standard InChI is InChI=1S/C19H23NO2/c1-2-22-18-14-7-6-13-17(18)19(21)20-15-9-8-12-16-10-4-3-5-11-16/h3-7,10-11,13-14H,2,8-9,12,15H2,1H3,(H,20,21). The van der Waals surface area contributed by atoms with Gasteiger partial charge in [0.2, 0.25) is 0 Å². The fourth-order valence-corrected chi connectivity index (χ4v) is 2.33. The Balaban J connectivity index is 1.74. The van der Waals surface area contributed by atoms with Gasteiger partial charge in [0.1, 0.15) is 5.75 Å². The van der Waals surface area contributed by atoms with E-state index in [9.17, 15) is 4.79 Å². The molecule has 0 aliphatic carbocycles. The molecular formula is C19H23NO2. The van der Waals surface area contributed by atoms with Gasteiger partial charge in [0.15, 0.2) is 0 Å². The van der Waals surface area contributed by atoms with Crippen molar-refractivity contribution in [2.24, 2.45) is 0 Å². The maximum Gasteiger partial charge on any atom is 0.255 e. The van der Waals surface area contributed by atoms with E-state index in [-0.39, 0.29) is 5.91 Å². The molecule has 0 saturated carbocycles. The molecule has 2 aromatic rings. The lowest BCUT2D eigenvalue weighted by atomic mass is 10.1. The Kier molecular flexibility index (Phi) is 6.49. The molecule has 0 bridgehead atoms. The third kappa shape index (κ3) is 4.92. The zero-order valence-corrected chi connectivity index (χ0v) is 13.0. The predicted octanol–water partition coefficient (Wildman–Crippen LogP) is 3.84. The monoisotopic (exact) mass is 297 g/mol. The van der Waals surface area contributed by atoms with Crippen LogP contribution in [0, 0.1) is 0 Å². The van der Waals surface area contributed by atoms with Gasteiger partial charge in [-0.25, -0.2) is 0 Å². The summed E-state index contributed by atoms with van der Waals surface area (Å²) in [5.74, 6) is 0.579. The summed E-state index contributed by atoms with van der Waals surface area (Å²) in [5, 5.41) is 2.97. The second-order valence-electron chi connectivity index (χ2n) is 5.13. The summed E-state index contributed by atoms with van der Waals surface area (Å²) in [5.41, 5.74) is 1.95. The molecule has 0 heterocycles. The van der Waals surface area contributed by atoms with Crippen LogP contribution in [0.5, 0.6) is 5.75 Å².